The van der Waals surface area contributed by atoms with Crippen molar-refractivity contribution >= 4 is 11.5 Å². The Hall–Kier alpha value is -1.85. The van der Waals surface area contributed by atoms with E-state index in [1.807, 2.05) is 6.92 Å². The van der Waals surface area contributed by atoms with Crippen LogP contribution in [0.4, 0.5) is 14.5 Å². The maximum absolute atomic E-state index is 12.8. The van der Waals surface area contributed by atoms with E-state index in [4.69, 9.17) is 0 Å². The number of ketones is 1. The fourth-order valence-corrected chi connectivity index (χ4v) is 1.64. The molecule has 98 valence electrons. The highest BCUT2D eigenvalue weighted by molar-refractivity contribution is 5.81. The monoisotopic (exact) mass is 257 g/mol. The Balaban J connectivity index is 3.04. The van der Waals surface area contributed by atoms with Gasteiger partial charge in [-0.3, -0.25) is 14.9 Å². The zero-order valence-corrected chi connectivity index (χ0v) is 9.86. The first kappa shape index (κ1) is 14.2. The fraction of sp³-hybridized carbons (Fsp3) is 0.417. The molecule has 0 saturated heterocycles. The van der Waals surface area contributed by atoms with Crippen molar-refractivity contribution < 1.29 is 18.5 Å². The number of nitro benzene ring substituents is 1. The van der Waals surface area contributed by atoms with E-state index >= 15 is 0 Å². The molecule has 0 unspecified atom stereocenters. The Labute approximate surface area is 103 Å². The van der Waals surface area contributed by atoms with Crippen LogP contribution >= 0.6 is 0 Å². The second-order valence-electron chi connectivity index (χ2n) is 3.91. The van der Waals surface area contributed by atoms with Gasteiger partial charge in [0, 0.05) is 30.5 Å². The minimum absolute atomic E-state index is 0.106. The van der Waals surface area contributed by atoms with Crippen molar-refractivity contribution in [1.82, 2.24) is 0 Å². The quantitative estimate of drug-likeness (QED) is 0.579. The number of hydrogen-bond donors (Lipinski definition) is 0. The van der Waals surface area contributed by atoms with Gasteiger partial charge in [-0.25, -0.2) is 8.78 Å². The predicted octanol–water partition coefficient (Wildman–Crippen LogP) is 3.44. The smallest absolute Gasteiger partial charge is 0.269 e. The molecule has 1 aromatic rings. The number of carbonyl (C=O) groups is 1. The first-order valence-electron chi connectivity index (χ1n) is 5.52. The lowest BCUT2D eigenvalue weighted by Gasteiger charge is -2.07. The lowest BCUT2D eigenvalue weighted by atomic mass is 10.00. The third-order valence-corrected chi connectivity index (χ3v) is 2.49. The van der Waals surface area contributed by atoms with Crippen molar-refractivity contribution in [3.05, 3.63) is 39.4 Å². The SMILES string of the molecule is CCCC(=O)Cc1ccc([N+](=O)[O-])cc1C(F)F. The van der Waals surface area contributed by atoms with Gasteiger partial charge in [-0.05, 0) is 12.0 Å². The van der Waals surface area contributed by atoms with E-state index in [0.29, 0.717) is 12.8 Å². The molecule has 0 aliphatic rings. The summed E-state index contributed by atoms with van der Waals surface area (Å²) >= 11 is 0. The van der Waals surface area contributed by atoms with Crippen LogP contribution in [0, 0.1) is 10.1 Å². The number of nitrogens with zero attached hydrogens (tertiary/aromatic N) is 1. The van der Waals surface area contributed by atoms with Crippen LogP contribution in [0.2, 0.25) is 0 Å². The summed E-state index contributed by atoms with van der Waals surface area (Å²) in [7, 11) is 0. The van der Waals surface area contributed by atoms with Gasteiger partial charge in [0.05, 0.1) is 4.92 Å². The first-order valence-corrected chi connectivity index (χ1v) is 5.52. The molecular weight excluding hydrogens is 244 g/mol. The summed E-state index contributed by atoms with van der Waals surface area (Å²) in [5.41, 5.74) is -0.667. The van der Waals surface area contributed by atoms with Crippen molar-refractivity contribution in [2.75, 3.05) is 0 Å². The van der Waals surface area contributed by atoms with Crippen LogP contribution in [0.15, 0.2) is 18.2 Å². The number of nitro groups is 1. The number of non-ortho nitro benzene ring substituents is 1. The molecule has 0 bridgehead atoms. The molecule has 0 spiro atoms. The van der Waals surface area contributed by atoms with E-state index in [9.17, 15) is 23.7 Å². The molecule has 0 amide bonds. The molecule has 0 aromatic heterocycles. The van der Waals surface area contributed by atoms with Crippen LogP contribution in [0.3, 0.4) is 0 Å². The predicted molar refractivity (Wildman–Crippen MR) is 61.7 cm³/mol. The van der Waals surface area contributed by atoms with E-state index in [0.717, 1.165) is 12.1 Å². The van der Waals surface area contributed by atoms with E-state index in [1.54, 1.807) is 0 Å². The number of rotatable bonds is 6. The molecule has 0 saturated carbocycles. The highest BCUT2D eigenvalue weighted by Gasteiger charge is 2.19. The highest BCUT2D eigenvalue weighted by atomic mass is 19.3. The molecular formula is C12H13F2NO3. The van der Waals surface area contributed by atoms with Crippen LogP contribution in [-0.2, 0) is 11.2 Å². The Kier molecular flexibility index (Phi) is 4.88. The topological polar surface area (TPSA) is 60.2 Å². The van der Waals surface area contributed by atoms with Gasteiger partial charge in [0.25, 0.3) is 12.1 Å². The molecule has 0 aliphatic carbocycles. The minimum atomic E-state index is -2.82. The van der Waals surface area contributed by atoms with Gasteiger partial charge < -0.3 is 0 Å². The second-order valence-corrected chi connectivity index (χ2v) is 3.91. The van der Waals surface area contributed by atoms with Gasteiger partial charge in [0.15, 0.2) is 0 Å². The van der Waals surface area contributed by atoms with Gasteiger partial charge >= 0.3 is 0 Å². The molecule has 0 heterocycles. The average Bonchev–Trinajstić information content (AvgIpc) is 2.29. The van der Waals surface area contributed by atoms with Gasteiger partial charge in [-0.15, -0.1) is 0 Å². The fourth-order valence-electron chi connectivity index (χ4n) is 1.64. The third kappa shape index (κ3) is 3.58. The third-order valence-electron chi connectivity index (χ3n) is 2.49. The zero-order chi connectivity index (χ0) is 13.7. The summed E-state index contributed by atoms with van der Waals surface area (Å²) in [4.78, 5) is 21.2. The molecule has 0 radical (unpaired) electrons. The zero-order valence-electron chi connectivity index (χ0n) is 9.86. The summed E-state index contributed by atoms with van der Waals surface area (Å²) in [6, 6.07) is 3.20. The van der Waals surface area contributed by atoms with E-state index in [-0.39, 0.29) is 17.8 Å². The lowest BCUT2D eigenvalue weighted by molar-refractivity contribution is -0.385. The van der Waals surface area contributed by atoms with Gasteiger partial charge in [0.1, 0.15) is 5.78 Å². The summed E-state index contributed by atoms with van der Waals surface area (Å²) in [6.07, 6.45) is -1.96. The lowest BCUT2D eigenvalue weighted by Crippen LogP contribution is -2.05. The van der Waals surface area contributed by atoms with Crippen molar-refractivity contribution in [3.63, 3.8) is 0 Å². The maximum atomic E-state index is 12.8. The number of halogens is 2. The average molecular weight is 257 g/mol. The van der Waals surface area contributed by atoms with Crippen LogP contribution in [0.1, 0.15) is 37.3 Å². The second kappa shape index (κ2) is 6.18. The number of alkyl halides is 2. The normalized spacial score (nSPS) is 10.7. The number of carbonyl (C=O) groups excluding carboxylic acids is 1. The Morgan fingerprint density at radius 2 is 2.11 bits per heavy atom. The molecule has 1 aromatic carbocycles. The Morgan fingerprint density at radius 3 is 2.61 bits per heavy atom. The van der Waals surface area contributed by atoms with Gasteiger partial charge in [-0.2, -0.15) is 0 Å². The van der Waals surface area contributed by atoms with Gasteiger partial charge in [0.2, 0.25) is 0 Å². The van der Waals surface area contributed by atoms with Crippen LogP contribution in [0.5, 0.6) is 0 Å². The number of benzene rings is 1. The van der Waals surface area contributed by atoms with E-state index in [1.165, 1.54) is 6.07 Å². The van der Waals surface area contributed by atoms with E-state index in [2.05, 4.69) is 0 Å². The highest BCUT2D eigenvalue weighted by Crippen LogP contribution is 2.27. The molecule has 0 fully saturated rings. The van der Waals surface area contributed by atoms with Crippen molar-refractivity contribution in [1.29, 1.82) is 0 Å². The van der Waals surface area contributed by atoms with Crippen LogP contribution in [-0.4, -0.2) is 10.7 Å². The van der Waals surface area contributed by atoms with Gasteiger partial charge in [-0.1, -0.05) is 13.0 Å². The maximum Gasteiger partial charge on any atom is 0.269 e. The van der Waals surface area contributed by atoms with Crippen LogP contribution in [0.25, 0.3) is 0 Å². The van der Waals surface area contributed by atoms with E-state index < -0.39 is 22.6 Å². The summed E-state index contributed by atoms with van der Waals surface area (Å²) in [5.74, 6) is -0.145. The van der Waals surface area contributed by atoms with Crippen LogP contribution < -0.4 is 0 Å². The Bertz CT molecular complexity index is 461. The van der Waals surface area contributed by atoms with Crippen molar-refractivity contribution in [3.8, 4) is 0 Å². The first-order chi connectivity index (χ1) is 8.45. The molecule has 18 heavy (non-hydrogen) atoms. The Morgan fingerprint density at radius 1 is 1.44 bits per heavy atom. The molecule has 0 atom stereocenters. The summed E-state index contributed by atoms with van der Waals surface area (Å²) < 4.78 is 25.5. The number of hydrogen-bond acceptors (Lipinski definition) is 3. The largest absolute Gasteiger partial charge is 0.299 e. The minimum Gasteiger partial charge on any atom is -0.299 e. The van der Waals surface area contributed by atoms with Crippen molar-refractivity contribution in [2.24, 2.45) is 0 Å². The number of Topliss-reactive ketones (excluding diaryl/α,β-unsaturated/α-hetero) is 1. The molecule has 0 aliphatic heterocycles. The molecule has 1 rings (SSSR count). The molecule has 0 N–H and O–H groups in total. The van der Waals surface area contributed by atoms with Crippen molar-refractivity contribution in [2.45, 2.75) is 32.6 Å². The summed E-state index contributed by atoms with van der Waals surface area (Å²) in [5, 5.41) is 10.5. The molecule has 4 nitrogen and oxygen atoms in total. The molecule has 6 heteroatoms. The standard InChI is InChI=1S/C12H13F2NO3/c1-2-3-10(16)6-8-4-5-9(15(17)18)7-11(8)12(13)14/h4-5,7,12H,2-3,6H2,1H3. The summed E-state index contributed by atoms with van der Waals surface area (Å²) in [6.45, 7) is 1.82.